The largest absolute Gasteiger partial charge is 0.480 e. The summed E-state index contributed by atoms with van der Waals surface area (Å²) in [5, 5.41) is 1.92. The van der Waals surface area contributed by atoms with Crippen LogP contribution in [0.1, 0.15) is 13.3 Å². The van der Waals surface area contributed by atoms with Crippen LogP contribution < -0.4 is 4.74 Å². The summed E-state index contributed by atoms with van der Waals surface area (Å²) in [5.74, 6) is 0.483. The first-order valence-electron chi connectivity index (χ1n) is 5.66. The van der Waals surface area contributed by atoms with Crippen LogP contribution >= 0.6 is 23.2 Å². The van der Waals surface area contributed by atoms with Crippen molar-refractivity contribution in [1.82, 2.24) is 0 Å². The van der Waals surface area contributed by atoms with Gasteiger partial charge in [0, 0.05) is 5.39 Å². The number of hydrogen-bond acceptors (Lipinski definition) is 2. The summed E-state index contributed by atoms with van der Waals surface area (Å²) < 4.78 is 5.55. The van der Waals surface area contributed by atoms with Crippen molar-refractivity contribution in [2.75, 3.05) is 0 Å². The first kappa shape index (κ1) is 13.2. The molecule has 2 nitrogen and oxygen atoms in total. The van der Waals surface area contributed by atoms with E-state index in [1.807, 2.05) is 37.3 Å². The zero-order chi connectivity index (χ0) is 13.1. The summed E-state index contributed by atoms with van der Waals surface area (Å²) in [5.41, 5.74) is 0. The van der Waals surface area contributed by atoms with E-state index in [2.05, 4.69) is 0 Å². The van der Waals surface area contributed by atoms with Gasteiger partial charge < -0.3 is 4.74 Å². The van der Waals surface area contributed by atoms with E-state index in [4.69, 9.17) is 27.9 Å². The lowest BCUT2D eigenvalue weighted by molar-refractivity contribution is -0.117. The molecule has 4 heteroatoms. The van der Waals surface area contributed by atoms with Gasteiger partial charge in [0.15, 0.2) is 6.10 Å². The lowest BCUT2D eigenvalue weighted by atomic mass is 10.1. The summed E-state index contributed by atoms with van der Waals surface area (Å²) in [6, 6.07) is 11.4. The standard InChI is InChI=1S/C14H12Cl2O2/c1-2-11(14(16)17)18-12-8-7-9-5-3-4-6-10(9)13(12)15/h3-8,11H,2H2,1H3. The normalized spacial score (nSPS) is 12.4. The third-order valence-corrected chi connectivity index (χ3v) is 3.35. The monoisotopic (exact) mass is 282 g/mol. The molecule has 0 aliphatic rings. The number of fused-ring (bicyclic) bond motifs is 1. The van der Waals surface area contributed by atoms with Gasteiger partial charge in [0.05, 0.1) is 5.02 Å². The summed E-state index contributed by atoms with van der Waals surface area (Å²) in [4.78, 5) is 11.2. The SMILES string of the molecule is CCC(Oc1ccc2ccccc2c1Cl)C(=O)Cl. The van der Waals surface area contributed by atoms with Gasteiger partial charge in [-0.15, -0.1) is 0 Å². The van der Waals surface area contributed by atoms with Crippen molar-refractivity contribution in [3.05, 3.63) is 41.4 Å². The van der Waals surface area contributed by atoms with Crippen LogP contribution in [0.3, 0.4) is 0 Å². The maximum absolute atomic E-state index is 11.2. The molecule has 0 heterocycles. The number of carbonyl (C=O) groups excluding carboxylic acids is 1. The zero-order valence-corrected chi connectivity index (χ0v) is 11.3. The third kappa shape index (κ3) is 2.60. The Morgan fingerprint density at radius 1 is 1.28 bits per heavy atom. The number of ether oxygens (including phenoxy) is 1. The molecule has 0 fully saturated rings. The van der Waals surface area contributed by atoms with Crippen molar-refractivity contribution in [2.24, 2.45) is 0 Å². The average Bonchev–Trinajstić information content (AvgIpc) is 2.38. The quantitative estimate of drug-likeness (QED) is 0.776. The molecule has 2 aromatic carbocycles. The van der Waals surface area contributed by atoms with Crippen LogP contribution in [0, 0.1) is 0 Å². The minimum absolute atomic E-state index is 0.483. The Hall–Kier alpha value is -1.25. The van der Waals surface area contributed by atoms with Crippen LogP contribution in [-0.2, 0) is 4.79 Å². The van der Waals surface area contributed by atoms with Crippen molar-refractivity contribution in [3.8, 4) is 5.75 Å². The van der Waals surface area contributed by atoms with Gasteiger partial charge >= 0.3 is 0 Å². The first-order valence-corrected chi connectivity index (χ1v) is 6.42. The molecule has 0 aromatic heterocycles. The number of carbonyl (C=O) groups is 1. The molecule has 0 aliphatic carbocycles. The van der Waals surface area contributed by atoms with Crippen molar-refractivity contribution >= 4 is 39.2 Å². The van der Waals surface area contributed by atoms with Crippen LogP contribution in [0.2, 0.25) is 5.02 Å². The number of benzene rings is 2. The summed E-state index contributed by atoms with van der Waals surface area (Å²) >= 11 is 11.7. The number of halogens is 2. The Bertz CT molecular complexity index is 581. The van der Waals surface area contributed by atoms with E-state index in [-0.39, 0.29) is 0 Å². The molecule has 0 aliphatic heterocycles. The molecular weight excluding hydrogens is 271 g/mol. The first-order chi connectivity index (χ1) is 8.63. The van der Waals surface area contributed by atoms with Crippen LogP contribution in [0.4, 0.5) is 0 Å². The van der Waals surface area contributed by atoms with Crippen LogP contribution in [0.15, 0.2) is 36.4 Å². The van der Waals surface area contributed by atoms with Gasteiger partial charge in [0.2, 0.25) is 0 Å². The molecule has 0 radical (unpaired) electrons. The van der Waals surface area contributed by atoms with E-state index >= 15 is 0 Å². The van der Waals surface area contributed by atoms with Crippen LogP contribution in [0.5, 0.6) is 5.75 Å². The molecule has 2 aromatic rings. The van der Waals surface area contributed by atoms with E-state index in [1.165, 1.54) is 0 Å². The van der Waals surface area contributed by atoms with Gasteiger partial charge in [-0.05, 0) is 29.5 Å². The summed E-state index contributed by atoms with van der Waals surface area (Å²) in [6.07, 6.45) is -0.156. The van der Waals surface area contributed by atoms with Gasteiger partial charge in [-0.1, -0.05) is 48.9 Å². The fraction of sp³-hybridized carbons (Fsp3) is 0.214. The van der Waals surface area contributed by atoms with Crippen molar-refractivity contribution < 1.29 is 9.53 Å². The number of rotatable bonds is 4. The maximum Gasteiger partial charge on any atom is 0.262 e. The minimum Gasteiger partial charge on any atom is -0.480 e. The maximum atomic E-state index is 11.2. The van der Waals surface area contributed by atoms with E-state index in [0.717, 1.165) is 10.8 Å². The predicted octanol–water partition coefficient (Wildman–Crippen LogP) is 4.42. The summed E-state index contributed by atoms with van der Waals surface area (Å²) in [7, 11) is 0. The molecule has 0 saturated heterocycles. The zero-order valence-electron chi connectivity index (χ0n) is 9.82. The average molecular weight is 283 g/mol. The molecule has 0 spiro atoms. The molecule has 0 amide bonds. The van der Waals surface area contributed by atoms with Crippen molar-refractivity contribution in [1.29, 1.82) is 0 Å². The van der Waals surface area contributed by atoms with Gasteiger partial charge in [-0.25, -0.2) is 0 Å². The smallest absolute Gasteiger partial charge is 0.262 e. The lowest BCUT2D eigenvalue weighted by Gasteiger charge is -2.15. The molecule has 2 rings (SSSR count). The Balaban J connectivity index is 2.40. The molecule has 0 N–H and O–H groups in total. The Labute approximate surface area is 115 Å². The molecule has 94 valence electrons. The van der Waals surface area contributed by atoms with E-state index in [0.29, 0.717) is 17.2 Å². The van der Waals surface area contributed by atoms with Crippen LogP contribution in [-0.4, -0.2) is 11.3 Å². The van der Waals surface area contributed by atoms with E-state index in [9.17, 15) is 4.79 Å². The topological polar surface area (TPSA) is 26.3 Å². The van der Waals surface area contributed by atoms with Gasteiger partial charge in [-0.2, -0.15) is 0 Å². The Morgan fingerprint density at radius 2 is 2.00 bits per heavy atom. The van der Waals surface area contributed by atoms with Crippen LogP contribution in [0.25, 0.3) is 10.8 Å². The fourth-order valence-electron chi connectivity index (χ4n) is 1.75. The lowest BCUT2D eigenvalue weighted by Crippen LogP contribution is -2.22. The highest BCUT2D eigenvalue weighted by Gasteiger charge is 2.17. The third-order valence-electron chi connectivity index (χ3n) is 2.72. The molecule has 18 heavy (non-hydrogen) atoms. The second kappa shape index (κ2) is 5.59. The van der Waals surface area contributed by atoms with E-state index in [1.54, 1.807) is 6.07 Å². The second-order valence-corrected chi connectivity index (χ2v) is 4.67. The van der Waals surface area contributed by atoms with Gasteiger partial charge in [0.1, 0.15) is 5.75 Å². The highest BCUT2D eigenvalue weighted by Crippen LogP contribution is 2.33. The highest BCUT2D eigenvalue weighted by molar-refractivity contribution is 6.64. The number of hydrogen-bond donors (Lipinski definition) is 0. The molecule has 0 saturated carbocycles. The van der Waals surface area contributed by atoms with Crippen molar-refractivity contribution in [2.45, 2.75) is 19.4 Å². The Morgan fingerprint density at radius 3 is 2.67 bits per heavy atom. The molecule has 1 atom stereocenters. The Kier molecular flexibility index (Phi) is 4.10. The molecule has 0 bridgehead atoms. The van der Waals surface area contributed by atoms with E-state index < -0.39 is 11.3 Å². The van der Waals surface area contributed by atoms with Gasteiger partial charge in [0.25, 0.3) is 5.24 Å². The minimum atomic E-state index is -0.662. The fourth-order valence-corrected chi connectivity index (χ4v) is 2.23. The molecular formula is C14H12Cl2O2. The summed E-state index contributed by atoms with van der Waals surface area (Å²) in [6.45, 7) is 1.83. The van der Waals surface area contributed by atoms with Crippen molar-refractivity contribution in [3.63, 3.8) is 0 Å². The molecule has 1 unspecified atom stereocenters. The van der Waals surface area contributed by atoms with Gasteiger partial charge in [-0.3, -0.25) is 4.79 Å². The second-order valence-electron chi connectivity index (χ2n) is 3.92. The highest BCUT2D eigenvalue weighted by atomic mass is 35.5. The predicted molar refractivity (Wildman–Crippen MR) is 74.5 cm³/mol.